The topological polar surface area (TPSA) is 47.0 Å². The molecule has 1 saturated carbocycles. The van der Waals surface area contributed by atoms with Gasteiger partial charge in [-0.2, -0.15) is 4.98 Å². The first-order valence-electron chi connectivity index (χ1n) is 8.13. The van der Waals surface area contributed by atoms with Crippen LogP contribution < -0.4 is 10.1 Å². The van der Waals surface area contributed by atoms with Gasteiger partial charge in [0, 0.05) is 17.5 Å². The molecule has 21 heavy (non-hydrogen) atoms. The number of nitrogens with zero attached hydrogens (tertiary/aromatic N) is 2. The molecule has 1 aliphatic carbocycles. The third-order valence-electron chi connectivity index (χ3n) is 3.65. The molecule has 2 rings (SSSR count). The number of hydrogen-bond acceptors (Lipinski definition) is 4. The zero-order valence-corrected chi connectivity index (χ0v) is 14.1. The number of rotatable bonds is 5. The van der Waals surface area contributed by atoms with E-state index >= 15 is 0 Å². The van der Waals surface area contributed by atoms with Crippen LogP contribution in [0.5, 0.6) is 5.88 Å². The van der Waals surface area contributed by atoms with E-state index in [2.05, 4.69) is 44.9 Å². The minimum Gasteiger partial charge on any atom is -0.477 e. The van der Waals surface area contributed by atoms with Gasteiger partial charge in [0.2, 0.25) is 5.88 Å². The highest BCUT2D eigenvalue weighted by atomic mass is 16.5. The van der Waals surface area contributed by atoms with Gasteiger partial charge in [0.15, 0.2) is 0 Å². The van der Waals surface area contributed by atoms with E-state index < -0.39 is 0 Å². The highest BCUT2D eigenvalue weighted by molar-refractivity contribution is 5.40. The fourth-order valence-electron chi connectivity index (χ4n) is 2.44. The quantitative estimate of drug-likeness (QED) is 0.884. The molecule has 0 aliphatic heterocycles. The van der Waals surface area contributed by atoms with Gasteiger partial charge in [0.1, 0.15) is 11.6 Å². The molecule has 0 amide bonds. The molecule has 1 N–H and O–H groups in total. The van der Waals surface area contributed by atoms with Crippen molar-refractivity contribution in [3.8, 4) is 5.88 Å². The fraction of sp³-hybridized carbons (Fsp3) is 0.765. The number of hydrogen-bond donors (Lipinski definition) is 1. The van der Waals surface area contributed by atoms with Gasteiger partial charge in [-0.3, -0.25) is 0 Å². The van der Waals surface area contributed by atoms with Crippen LogP contribution in [0.2, 0.25) is 0 Å². The van der Waals surface area contributed by atoms with Gasteiger partial charge >= 0.3 is 0 Å². The average molecular weight is 291 g/mol. The second kappa shape index (κ2) is 6.63. The number of nitrogens with one attached hydrogen (secondary N) is 1. The van der Waals surface area contributed by atoms with Crippen molar-refractivity contribution in [3.63, 3.8) is 0 Å². The Kier molecular flexibility index (Phi) is 5.07. The van der Waals surface area contributed by atoms with E-state index in [0.29, 0.717) is 24.4 Å². The second-order valence-corrected chi connectivity index (χ2v) is 7.50. The summed E-state index contributed by atoms with van der Waals surface area (Å²) in [5.74, 6) is 2.92. The first-order chi connectivity index (χ1) is 9.84. The van der Waals surface area contributed by atoms with E-state index in [1.54, 1.807) is 0 Å². The van der Waals surface area contributed by atoms with Gasteiger partial charge < -0.3 is 10.1 Å². The van der Waals surface area contributed by atoms with Crippen molar-refractivity contribution in [2.45, 2.75) is 71.8 Å². The molecular formula is C17H29N3O. The molecule has 0 bridgehead atoms. The largest absolute Gasteiger partial charge is 0.477 e. The Balaban J connectivity index is 2.19. The maximum absolute atomic E-state index is 5.82. The Morgan fingerprint density at radius 3 is 2.48 bits per heavy atom. The van der Waals surface area contributed by atoms with Crippen LogP contribution in [0.15, 0.2) is 6.07 Å². The van der Waals surface area contributed by atoms with Crippen LogP contribution >= 0.6 is 0 Å². The second-order valence-electron chi connectivity index (χ2n) is 7.50. The summed E-state index contributed by atoms with van der Waals surface area (Å²) in [5, 5.41) is 3.55. The van der Waals surface area contributed by atoms with Crippen LogP contribution in [0.25, 0.3) is 0 Å². The van der Waals surface area contributed by atoms with Crippen molar-refractivity contribution in [3.05, 3.63) is 11.9 Å². The normalized spacial score (nSPS) is 16.5. The Morgan fingerprint density at radius 1 is 1.24 bits per heavy atom. The van der Waals surface area contributed by atoms with Crippen LogP contribution in [-0.4, -0.2) is 22.6 Å². The maximum Gasteiger partial charge on any atom is 0.218 e. The Hall–Kier alpha value is -1.32. The first-order valence-corrected chi connectivity index (χ1v) is 8.13. The van der Waals surface area contributed by atoms with Crippen LogP contribution in [0.3, 0.4) is 0 Å². The summed E-state index contributed by atoms with van der Waals surface area (Å²) in [4.78, 5) is 9.27. The summed E-state index contributed by atoms with van der Waals surface area (Å²) in [6.07, 6.45) is 5.09. The molecule has 0 radical (unpaired) electrons. The third kappa shape index (κ3) is 4.87. The van der Waals surface area contributed by atoms with Crippen LogP contribution in [-0.2, 0) is 5.41 Å². The molecule has 4 nitrogen and oxygen atoms in total. The maximum atomic E-state index is 5.82. The fourth-order valence-corrected chi connectivity index (χ4v) is 2.44. The Morgan fingerprint density at radius 2 is 1.90 bits per heavy atom. The molecule has 0 atom stereocenters. The first kappa shape index (κ1) is 16.1. The molecule has 1 fully saturated rings. The van der Waals surface area contributed by atoms with E-state index in [-0.39, 0.29) is 5.41 Å². The molecule has 4 heteroatoms. The van der Waals surface area contributed by atoms with Crippen LogP contribution in [0.4, 0.5) is 5.82 Å². The van der Waals surface area contributed by atoms with Crippen molar-refractivity contribution in [1.82, 2.24) is 9.97 Å². The highest BCUT2D eigenvalue weighted by Crippen LogP contribution is 2.26. The monoisotopic (exact) mass is 291 g/mol. The van der Waals surface area contributed by atoms with Gasteiger partial charge in [-0.1, -0.05) is 47.5 Å². The summed E-state index contributed by atoms with van der Waals surface area (Å²) < 4.78 is 5.82. The predicted octanol–water partition coefficient (Wildman–Crippen LogP) is 4.16. The molecule has 0 saturated heterocycles. The van der Waals surface area contributed by atoms with Gasteiger partial charge in [-0.05, 0) is 18.8 Å². The van der Waals surface area contributed by atoms with Crippen molar-refractivity contribution >= 4 is 5.82 Å². The van der Waals surface area contributed by atoms with Crippen LogP contribution in [0, 0.1) is 5.92 Å². The highest BCUT2D eigenvalue weighted by Gasteiger charge is 2.21. The lowest BCUT2D eigenvalue weighted by molar-refractivity contribution is 0.259. The number of ether oxygens (including phenoxy) is 1. The zero-order chi connectivity index (χ0) is 15.5. The molecule has 1 aliphatic rings. The molecule has 1 aromatic heterocycles. The summed E-state index contributed by atoms with van der Waals surface area (Å²) in [7, 11) is 0. The van der Waals surface area contributed by atoms with Crippen LogP contribution in [0.1, 0.15) is 66.1 Å². The third-order valence-corrected chi connectivity index (χ3v) is 3.65. The van der Waals surface area contributed by atoms with Crippen molar-refractivity contribution in [2.75, 3.05) is 11.9 Å². The Labute approximate surface area is 128 Å². The van der Waals surface area contributed by atoms with E-state index in [1.165, 1.54) is 25.7 Å². The lowest BCUT2D eigenvalue weighted by Gasteiger charge is -2.20. The van der Waals surface area contributed by atoms with E-state index in [9.17, 15) is 0 Å². The van der Waals surface area contributed by atoms with Crippen molar-refractivity contribution in [2.24, 2.45) is 5.92 Å². The summed E-state index contributed by atoms with van der Waals surface area (Å²) in [6.45, 7) is 11.4. The molecule has 0 unspecified atom stereocenters. The molecular weight excluding hydrogens is 262 g/mol. The minimum atomic E-state index is -0.0801. The molecule has 1 aromatic rings. The van der Waals surface area contributed by atoms with E-state index in [1.807, 2.05) is 6.07 Å². The Bertz CT molecular complexity index is 460. The van der Waals surface area contributed by atoms with E-state index in [0.717, 1.165) is 11.6 Å². The molecule has 0 spiro atoms. The lowest BCUT2D eigenvalue weighted by Crippen LogP contribution is -2.21. The van der Waals surface area contributed by atoms with E-state index in [4.69, 9.17) is 9.72 Å². The van der Waals surface area contributed by atoms with Crippen molar-refractivity contribution in [1.29, 1.82) is 0 Å². The van der Waals surface area contributed by atoms with Gasteiger partial charge in [0.05, 0.1) is 6.61 Å². The summed E-state index contributed by atoms with van der Waals surface area (Å²) >= 11 is 0. The molecule has 1 heterocycles. The van der Waals surface area contributed by atoms with Gasteiger partial charge in [-0.25, -0.2) is 4.98 Å². The molecule has 118 valence electrons. The SMILES string of the molecule is CC(C)COc1cc(NC2CCCC2)nc(C(C)(C)C)n1. The summed E-state index contributed by atoms with van der Waals surface area (Å²) in [5.41, 5.74) is -0.0801. The summed E-state index contributed by atoms with van der Waals surface area (Å²) in [6, 6.07) is 2.49. The van der Waals surface area contributed by atoms with Gasteiger partial charge in [-0.15, -0.1) is 0 Å². The standard InChI is InChI=1S/C17H29N3O/c1-12(2)11-21-15-10-14(18-13-8-6-7-9-13)19-16(20-15)17(3,4)5/h10,12-13H,6-9,11H2,1-5H3,(H,18,19,20). The number of anilines is 1. The van der Waals surface area contributed by atoms with Gasteiger partial charge in [0.25, 0.3) is 0 Å². The zero-order valence-electron chi connectivity index (χ0n) is 14.1. The average Bonchev–Trinajstić information content (AvgIpc) is 2.88. The lowest BCUT2D eigenvalue weighted by atomic mass is 9.96. The minimum absolute atomic E-state index is 0.0801. The smallest absolute Gasteiger partial charge is 0.218 e. The number of aromatic nitrogens is 2. The predicted molar refractivity (Wildman–Crippen MR) is 86.9 cm³/mol. The molecule has 0 aromatic carbocycles. The van der Waals surface area contributed by atoms with Crippen molar-refractivity contribution < 1.29 is 4.74 Å².